The maximum Gasteiger partial charge on any atom is 0.271 e. The van der Waals surface area contributed by atoms with E-state index in [1.165, 1.54) is 30.3 Å². The lowest BCUT2D eigenvalue weighted by Gasteiger charge is -2.06. The topological polar surface area (TPSA) is 70.6 Å². The van der Waals surface area contributed by atoms with Crippen LogP contribution in [0.4, 0.5) is 8.78 Å². The Morgan fingerprint density at radius 3 is 2.44 bits per heavy atom. The Labute approximate surface area is 143 Å². The van der Waals surface area contributed by atoms with Crippen LogP contribution in [0.25, 0.3) is 0 Å². The Morgan fingerprint density at radius 2 is 1.76 bits per heavy atom. The first kappa shape index (κ1) is 18.3. The van der Waals surface area contributed by atoms with Gasteiger partial charge in [0.25, 0.3) is 5.91 Å². The Balaban J connectivity index is 1.80. The van der Waals surface area contributed by atoms with Crippen molar-refractivity contribution >= 4 is 17.5 Å². The van der Waals surface area contributed by atoms with Crippen LogP contribution in [0.2, 0.25) is 0 Å². The van der Waals surface area contributed by atoms with Crippen molar-refractivity contribution in [3.05, 3.63) is 71.3 Å². The zero-order valence-electron chi connectivity index (χ0n) is 13.6. The molecule has 2 aromatic carbocycles. The minimum Gasteiger partial charge on any atom is -0.352 e. The van der Waals surface area contributed by atoms with Crippen LogP contribution in [0.5, 0.6) is 0 Å². The molecule has 0 aromatic heterocycles. The van der Waals surface area contributed by atoms with Gasteiger partial charge in [-0.3, -0.25) is 9.59 Å². The first-order chi connectivity index (χ1) is 11.9. The van der Waals surface area contributed by atoms with E-state index in [4.69, 9.17) is 0 Å². The molecule has 2 aromatic rings. The molecule has 0 aliphatic carbocycles. The van der Waals surface area contributed by atoms with Crippen molar-refractivity contribution in [2.45, 2.75) is 19.9 Å². The summed E-state index contributed by atoms with van der Waals surface area (Å²) in [6, 6.07) is 11.0. The van der Waals surface area contributed by atoms with Crippen LogP contribution in [0, 0.1) is 11.6 Å². The molecule has 0 saturated heterocycles. The lowest BCUT2D eigenvalue weighted by atomic mass is 10.2. The molecule has 0 radical (unpaired) electrons. The van der Waals surface area contributed by atoms with Crippen molar-refractivity contribution in [2.24, 2.45) is 5.10 Å². The average Bonchev–Trinajstić information content (AvgIpc) is 2.59. The molecule has 2 rings (SSSR count). The number of hydrogen-bond acceptors (Lipinski definition) is 3. The zero-order chi connectivity index (χ0) is 18.2. The second-order valence-electron chi connectivity index (χ2n) is 5.38. The van der Waals surface area contributed by atoms with Gasteiger partial charge in [0.1, 0.15) is 11.6 Å². The maximum absolute atomic E-state index is 13.1. The van der Waals surface area contributed by atoms with Gasteiger partial charge in [-0.1, -0.05) is 18.2 Å². The molecule has 0 atom stereocenters. The largest absolute Gasteiger partial charge is 0.352 e. The third-order valence-corrected chi connectivity index (χ3v) is 3.25. The number of hydrazone groups is 1. The van der Waals surface area contributed by atoms with Crippen molar-refractivity contribution in [1.29, 1.82) is 0 Å². The van der Waals surface area contributed by atoms with E-state index in [-0.39, 0.29) is 30.3 Å². The van der Waals surface area contributed by atoms with Gasteiger partial charge in [-0.15, -0.1) is 0 Å². The summed E-state index contributed by atoms with van der Waals surface area (Å²) in [6.07, 6.45) is -0.00930. The summed E-state index contributed by atoms with van der Waals surface area (Å²) in [5, 5.41) is 6.49. The number of amides is 2. The highest BCUT2D eigenvalue weighted by Gasteiger charge is 2.07. The van der Waals surface area contributed by atoms with Gasteiger partial charge in [0.05, 0.1) is 6.42 Å². The SMILES string of the molecule is C/C(CC(=O)NCc1ccc(F)cc1)=N/NC(=O)c1cccc(F)c1. The van der Waals surface area contributed by atoms with E-state index < -0.39 is 11.7 Å². The van der Waals surface area contributed by atoms with Crippen LogP contribution in [-0.2, 0) is 11.3 Å². The van der Waals surface area contributed by atoms with E-state index in [9.17, 15) is 18.4 Å². The summed E-state index contributed by atoms with van der Waals surface area (Å²) in [6.45, 7) is 1.85. The van der Waals surface area contributed by atoms with Crippen LogP contribution >= 0.6 is 0 Å². The molecule has 0 bridgehead atoms. The summed E-state index contributed by atoms with van der Waals surface area (Å²) in [7, 11) is 0. The number of rotatable bonds is 6. The van der Waals surface area contributed by atoms with Crippen LogP contribution in [0.1, 0.15) is 29.3 Å². The molecule has 0 heterocycles. The Morgan fingerprint density at radius 1 is 1.04 bits per heavy atom. The first-order valence-corrected chi connectivity index (χ1v) is 7.54. The monoisotopic (exact) mass is 345 g/mol. The van der Waals surface area contributed by atoms with E-state index in [2.05, 4.69) is 15.8 Å². The fraction of sp³-hybridized carbons (Fsp3) is 0.167. The second-order valence-corrected chi connectivity index (χ2v) is 5.38. The van der Waals surface area contributed by atoms with E-state index in [0.717, 1.165) is 11.6 Å². The highest BCUT2D eigenvalue weighted by Crippen LogP contribution is 2.04. The van der Waals surface area contributed by atoms with Crippen molar-refractivity contribution < 1.29 is 18.4 Å². The Bertz CT molecular complexity index is 789. The Kier molecular flexibility index (Phi) is 6.33. The van der Waals surface area contributed by atoms with Crippen molar-refractivity contribution in [2.75, 3.05) is 0 Å². The fourth-order valence-electron chi connectivity index (χ4n) is 1.98. The summed E-state index contributed by atoms with van der Waals surface area (Å²) in [5.74, 6) is -1.71. The molecule has 25 heavy (non-hydrogen) atoms. The molecule has 7 heteroatoms. The van der Waals surface area contributed by atoms with Crippen LogP contribution in [0.15, 0.2) is 53.6 Å². The number of nitrogens with one attached hydrogen (secondary N) is 2. The molecular formula is C18H17F2N3O2. The number of hydrogen-bond donors (Lipinski definition) is 2. The minimum absolute atomic E-state index is 0.00930. The van der Waals surface area contributed by atoms with Crippen molar-refractivity contribution in [1.82, 2.24) is 10.7 Å². The molecule has 2 N–H and O–H groups in total. The first-order valence-electron chi connectivity index (χ1n) is 7.54. The number of carbonyl (C=O) groups is 2. The summed E-state index contributed by atoms with van der Waals surface area (Å²) in [5.41, 5.74) is 3.57. The maximum atomic E-state index is 13.1. The predicted octanol–water partition coefficient (Wildman–Crippen LogP) is 2.78. The van der Waals surface area contributed by atoms with Crippen molar-refractivity contribution in [3.8, 4) is 0 Å². The molecule has 0 saturated carbocycles. The smallest absolute Gasteiger partial charge is 0.271 e. The standard InChI is InChI=1S/C18H17F2N3O2/c1-12(22-23-18(25)14-3-2-4-16(20)10-14)9-17(24)21-11-13-5-7-15(19)8-6-13/h2-8,10H,9,11H2,1H3,(H,21,24)(H,23,25)/b22-12-. The molecule has 0 unspecified atom stereocenters. The summed E-state index contributed by atoms with van der Waals surface area (Å²) < 4.78 is 25.8. The van der Waals surface area contributed by atoms with Crippen LogP contribution in [0.3, 0.4) is 0 Å². The van der Waals surface area contributed by atoms with Gasteiger partial charge in [-0.25, -0.2) is 14.2 Å². The highest BCUT2D eigenvalue weighted by atomic mass is 19.1. The van der Waals surface area contributed by atoms with Gasteiger partial charge in [0.15, 0.2) is 0 Å². The number of nitrogens with zero attached hydrogens (tertiary/aromatic N) is 1. The second kappa shape index (κ2) is 8.68. The van der Waals surface area contributed by atoms with Crippen molar-refractivity contribution in [3.63, 3.8) is 0 Å². The number of benzene rings is 2. The van der Waals surface area contributed by atoms with E-state index in [0.29, 0.717) is 5.71 Å². The third-order valence-electron chi connectivity index (χ3n) is 3.25. The van der Waals surface area contributed by atoms with Crippen LogP contribution < -0.4 is 10.7 Å². The van der Waals surface area contributed by atoms with Gasteiger partial charge in [-0.2, -0.15) is 5.10 Å². The fourth-order valence-corrected chi connectivity index (χ4v) is 1.98. The molecule has 0 fully saturated rings. The van der Waals surface area contributed by atoms with Crippen LogP contribution in [-0.4, -0.2) is 17.5 Å². The number of halogens is 2. The zero-order valence-corrected chi connectivity index (χ0v) is 13.6. The third kappa shape index (κ3) is 6.14. The van der Waals surface area contributed by atoms with Gasteiger partial charge < -0.3 is 5.32 Å². The molecular weight excluding hydrogens is 328 g/mol. The lowest BCUT2D eigenvalue weighted by molar-refractivity contribution is -0.120. The van der Waals surface area contributed by atoms with E-state index in [1.807, 2.05) is 0 Å². The van der Waals surface area contributed by atoms with Gasteiger partial charge >= 0.3 is 0 Å². The Hall–Kier alpha value is -3.09. The van der Waals surface area contributed by atoms with E-state index in [1.54, 1.807) is 19.1 Å². The number of carbonyl (C=O) groups excluding carboxylic acids is 2. The van der Waals surface area contributed by atoms with E-state index >= 15 is 0 Å². The molecule has 130 valence electrons. The van der Waals surface area contributed by atoms with Gasteiger partial charge in [0, 0.05) is 17.8 Å². The molecule has 0 spiro atoms. The quantitative estimate of drug-likeness (QED) is 0.624. The molecule has 2 amide bonds. The predicted molar refractivity (Wildman–Crippen MR) is 89.8 cm³/mol. The van der Waals surface area contributed by atoms with Gasteiger partial charge in [-0.05, 0) is 42.8 Å². The highest BCUT2D eigenvalue weighted by molar-refractivity contribution is 6.01. The average molecular weight is 345 g/mol. The summed E-state index contributed by atoms with van der Waals surface area (Å²) in [4.78, 5) is 23.6. The lowest BCUT2D eigenvalue weighted by Crippen LogP contribution is -2.26. The normalized spacial score (nSPS) is 11.1. The molecule has 0 aliphatic heterocycles. The minimum atomic E-state index is -0.564. The molecule has 0 aliphatic rings. The van der Waals surface area contributed by atoms with Gasteiger partial charge in [0.2, 0.25) is 5.91 Å². The molecule has 5 nitrogen and oxygen atoms in total. The summed E-state index contributed by atoms with van der Waals surface area (Å²) >= 11 is 0.